The van der Waals surface area contributed by atoms with Gasteiger partial charge in [-0.2, -0.15) is 5.26 Å². The number of hydrogen-bond acceptors (Lipinski definition) is 3. The minimum absolute atomic E-state index is 0.471. The van der Waals surface area contributed by atoms with E-state index in [1.54, 1.807) is 6.08 Å². The Morgan fingerprint density at radius 2 is 2.00 bits per heavy atom. The smallest absolute Gasteiger partial charge is 0.151 e. The Hall–Kier alpha value is -3.32. The third-order valence-electron chi connectivity index (χ3n) is 3.71. The molecule has 1 aromatic heterocycles. The van der Waals surface area contributed by atoms with Gasteiger partial charge in [-0.15, -0.1) is 0 Å². The molecular formula is C20H17N3O. The highest BCUT2D eigenvalue weighted by atomic mass is 16.5. The summed E-state index contributed by atoms with van der Waals surface area (Å²) >= 11 is 0. The van der Waals surface area contributed by atoms with Crippen LogP contribution >= 0.6 is 0 Å². The van der Waals surface area contributed by atoms with Gasteiger partial charge >= 0.3 is 0 Å². The lowest BCUT2D eigenvalue weighted by atomic mass is 10.1. The van der Waals surface area contributed by atoms with E-state index in [2.05, 4.69) is 17.6 Å². The summed E-state index contributed by atoms with van der Waals surface area (Å²) in [5, 5.41) is 9.55. The Morgan fingerprint density at radius 1 is 1.25 bits per heavy atom. The highest BCUT2D eigenvalue weighted by Crippen LogP contribution is 2.22. The summed E-state index contributed by atoms with van der Waals surface area (Å²) < 4.78 is 7.40. The Kier molecular flexibility index (Phi) is 4.44. The number of aryl methyl sites for hydroxylation is 1. The molecule has 1 heterocycles. The standard InChI is InChI=1S/C20H17N3O/c1-3-12-24-17-10-8-15(9-11-17)13-16(14-21)20-22-18-6-4-5-7-19(18)23(20)2/h3-11,13H,1,12H2,2H3/b16-13+. The van der Waals surface area contributed by atoms with Crippen LogP contribution in [0.15, 0.2) is 61.2 Å². The number of para-hydroxylation sites is 2. The molecule has 0 saturated carbocycles. The van der Waals surface area contributed by atoms with Gasteiger partial charge in [0.25, 0.3) is 0 Å². The van der Waals surface area contributed by atoms with Crippen molar-refractivity contribution in [1.29, 1.82) is 5.26 Å². The number of aromatic nitrogens is 2. The summed E-state index contributed by atoms with van der Waals surface area (Å²) in [5.41, 5.74) is 3.32. The zero-order chi connectivity index (χ0) is 16.9. The Bertz CT molecular complexity index is 943. The van der Waals surface area contributed by atoms with Crippen molar-refractivity contribution < 1.29 is 4.74 Å². The van der Waals surface area contributed by atoms with E-state index in [9.17, 15) is 5.26 Å². The number of ether oxygens (including phenoxy) is 1. The summed E-state index contributed by atoms with van der Waals surface area (Å²) in [6.45, 7) is 4.09. The molecule has 0 saturated heterocycles. The zero-order valence-corrected chi connectivity index (χ0v) is 13.4. The number of imidazole rings is 1. The van der Waals surface area contributed by atoms with E-state index < -0.39 is 0 Å². The minimum Gasteiger partial charge on any atom is -0.490 e. The number of hydrogen-bond donors (Lipinski definition) is 0. The number of allylic oxidation sites excluding steroid dienone is 1. The maximum Gasteiger partial charge on any atom is 0.151 e. The maximum absolute atomic E-state index is 9.55. The fourth-order valence-corrected chi connectivity index (χ4v) is 2.52. The van der Waals surface area contributed by atoms with E-state index in [0.29, 0.717) is 18.0 Å². The summed E-state index contributed by atoms with van der Waals surface area (Å²) in [6.07, 6.45) is 3.53. The second-order valence-electron chi connectivity index (χ2n) is 5.32. The molecule has 0 fully saturated rings. The third kappa shape index (κ3) is 3.06. The third-order valence-corrected chi connectivity index (χ3v) is 3.71. The van der Waals surface area contributed by atoms with E-state index in [-0.39, 0.29) is 0 Å². The molecular weight excluding hydrogens is 298 g/mol. The summed E-state index contributed by atoms with van der Waals surface area (Å²) in [4.78, 5) is 4.57. The summed E-state index contributed by atoms with van der Waals surface area (Å²) in [5.74, 6) is 1.43. The molecule has 4 heteroatoms. The predicted molar refractivity (Wildman–Crippen MR) is 96.3 cm³/mol. The first-order chi connectivity index (χ1) is 11.7. The normalized spacial score (nSPS) is 11.2. The number of nitrogens with zero attached hydrogens (tertiary/aromatic N) is 3. The number of fused-ring (bicyclic) bond motifs is 1. The van der Waals surface area contributed by atoms with E-state index in [4.69, 9.17) is 4.74 Å². The molecule has 118 valence electrons. The highest BCUT2D eigenvalue weighted by molar-refractivity contribution is 5.90. The molecule has 3 aromatic rings. The van der Waals surface area contributed by atoms with Crippen molar-refractivity contribution in [2.45, 2.75) is 0 Å². The van der Waals surface area contributed by atoms with Gasteiger partial charge in [0.2, 0.25) is 0 Å². The Labute approximate surface area is 140 Å². The molecule has 24 heavy (non-hydrogen) atoms. The van der Waals surface area contributed by atoms with Gasteiger partial charge < -0.3 is 9.30 Å². The first-order valence-corrected chi connectivity index (χ1v) is 7.60. The van der Waals surface area contributed by atoms with Crippen molar-refractivity contribution in [2.75, 3.05) is 6.61 Å². The van der Waals surface area contributed by atoms with E-state index >= 15 is 0 Å². The molecule has 3 rings (SSSR count). The lowest BCUT2D eigenvalue weighted by Crippen LogP contribution is -1.96. The van der Waals surface area contributed by atoms with Crippen molar-refractivity contribution >= 4 is 22.7 Å². The largest absolute Gasteiger partial charge is 0.490 e. The molecule has 0 radical (unpaired) electrons. The van der Waals surface area contributed by atoms with Crippen molar-refractivity contribution in [3.05, 3.63) is 72.6 Å². The van der Waals surface area contributed by atoms with Crippen LogP contribution in [0.1, 0.15) is 11.4 Å². The Balaban J connectivity index is 1.95. The Morgan fingerprint density at radius 3 is 2.67 bits per heavy atom. The average Bonchev–Trinajstić information content (AvgIpc) is 2.96. The molecule has 0 bridgehead atoms. The molecule has 0 aliphatic rings. The van der Waals surface area contributed by atoms with E-state index in [0.717, 1.165) is 22.3 Å². The lowest BCUT2D eigenvalue weighted by Gasteiger charge is -2.04. The van der Waals surface area contributed by atoms with Gasteiger partial charge in [0, 0.05) is 7.05 Å². The second-order valence-corrected chi connectivity index (χ2v) is 5.32. The molecule has 0 aliphatic heterocycles. The van der Waals surface area contributed by atoms with Crippen LogP contribution in [0.4, 0.5) is 0 Å². The first kappa shape index (κ1) is 15.6. The van der Waals surface area contributed by atoms with Gasteiger partial charge in [0.1, 0.15) is 18.4 Å². The maximum atomic E-state index is 9.55. The second kappa shape index (κ2) is 6.84. The van der Waals surface area contributed by atoms with Crippen LogP contribution in [0.2, 0.25) is 0 Å². The quantitative estimate of drug-likeness (QED) is 0.523. The lowest BCUT2D eigenvalue weighted by molar-refractivity contribution is 0.363. The van der Waals surface area contributed by atoms with Crippen LogP contribution in [0.25, 0.3) is 22.7 Å². The van der Waals surface area contributed by atoms with Crippen LogP contribution in [0.5, 0.6) is 5.75 Å². The van der Waals surface area contributed by atoms with Crippen LogP contribution in [-0.2, 0) is 7.05 Å². The van der Waals surface area contributed by atoms with Crippen molar-refractivity contribution in [2.24, 2.45) is 7.05 Å². The molecule has 0 aliphatic carbocycles. The van der Waals surface area contributed by atoms with Crippen LogP contribution in [-0.4, -0.2) is 16.2 Å². The van der Waals surface area contributed by atoms with Gasteiger partial charge in [-0.3, -0.25) is 0 Å². The van der Waals surface area contributed by atoms with Gasteiger partial charge in [-0.1, -0.05) is 36.9 Å². The molecule has 0 spiro atoms. The van der Waals surface area contributed by atoms with Gasteiger partial charge in [0.15, 0.2) is 5.82 Å². The van der Waals surface area contributed by atoms with Gasteiger partial charge in [0.05, 0.1) is 16.6 Å². The fourth-order valence-electron chi connectivity index (χ4n) is 2.52. The molecule has 0 N–H and O–H groups in total. The van der Waals surface area contributed by atoms with Gasteiger partial charge in [-0.05, 0) is 35.9 Å². The highest BCUT2D eigenvalue weighted by Gasteiger charge is 2.11. The molecule has 0 unspecified atom stereocenters. The van der Waals surface area contributed by atoms with E-state index in [1.165, 1.54) is 0 Å². The number of rotatable bonds is 5. The predicted octanol–water partition coefficient (Wildman–Crippen LogP) is 4.20. The van der Waals surface area contributed by atoms with Crippen LogP contribution in [0, 0.1) is 11.3 Å². The van der Waals surface area contributed by atoms with Gasteiger partial charge in [-0.25, -0.2) is 4.98 Å². The molecule has 0 atom stereocenters. The SMILES string of the molecule is C=CCOc1ccc(/C=C(\C#N)c2nc3ccccc3n2C)cc1. The summed E-state index contributed by atoms with van der Waals surface area (Å²) in [6, 6.07) is 17.7. The minimum atomic E-state index is 0.471. The zero-order valence-electron chi connectivity index (χ0n) is 13.4. The summed E-state index contributed by atoms with van der Waals surface area (Å²) in [7, 11) is 1.92. The van der Waals surface area contributed by atoms with Crippen molar-refractivity contribution in [3.63, 3.8) is 0 Å². The van der Waals surface area contributed by atoms with Crippen LogP contribution in [0.3, 0.4) is 0 Å². The van der Waals surface area contributed by atoms with Crippen molar-refractivity contribution in [3.8, 4) is 11.8 Å². The topological polar surface area (TPSA) is 50.8 Å². The molecule has 4 nitrogen and oxygen atoms in total. The van der Waals surface area contributed by atoms with E-state index in [1.807, 2.05) is 66.2 Å². The first-order valence-electron chi connectivity index (χ1n) is 7.60. The molecule has 0 amide bonds. The molecule has 2 aromatic carbocycles. The average molecular weight is 315 g/mol. The van der Waals surface area contributed by atoms with Crippen LogP contribution < -0.4 is 4.74 Å². The van der Waals surface area contributed by atoms with Crippen molar-refractivity contribution in [1.82, 2.24) is 9.55 Å². The monoisotopic (exact) mass is 315 g/mol. The number of nitriles is 1. The number of benzene rings is 2. The fraction of sp³-hybridized carbons (Fsp3) is 0.100.